The molecule has 1 aliphatic heterocycles. The highest BCUT2D eigenvalue weighted by Crippen LogP contribution is 2.34. The number of nitrogens with two attached hydrogens (primary N) is 1. The van der Waals surface area contributed by atoms with E-state index in [1.807, 2.05) is 25.7 Å². The molecule has 0 radical (unpaired) electrons. The Morgan fingerprint density at radius 3 is 1.89 bits per heavy atom. The Balaban J connectivity index is 2.56. The van der Waals surface area contributed by atoms with E-state index in [9.17, 15) is 4.79 Å². The fourth-order valence-electron chi connectivity index (χ4n) is 2.53. The van der Waals surface area contributed by atoms with Gasteiger partial charge in [-0.3, -0.25) is 4.79 Å². The van der Waals surface area contributed by atoms with Crippen molar-refractivity contribution in [2.45, 2.75) is 60.4 Å². The van der Waals surface area contributed by atoms with Gasteiger partial charge in [-0.1, -0.05) is 41.5 Å². The molecule has 3 nitrogen and oxygen atoms in total. The number of amides is 1. The van der Waals surface area contributed by atoms with Crippen LogP contribution in [0, 0.1) is 16.7 Å². The van der Waals surface area contributed by atoms with Crippen molar-refractivity contribution in [3.8, 4) is 0 Å². The largest absolute Gasteiger partial charge is 0.341 e. The highest BCUT2D eigenvalue weighted by Gasteiger charge is 2.35. The first-order valence-corrected chi connectivity index (χ1v) is 7.08. The van der Waals surface area contributed by atoms with E-state index in [4.69, 9.17) is 5.73 Å². The van der Waals surface area contributed by atoms with Gasteiger partial charge >= 0.3 is 0 Å². The Morgan fingerprint density at radius 1 is 1.11 bits per heavy atom. The summed E-state index contributed by atoms with van der Waals surface area (Å²) in [6.07, 6.45) is 2.21. The lowest BCUT2D eigenvalue weighted by Gasteiger charge is -2.40. The van der Waals surface area contributed by atoms with Crippen LogP contribution in [-0.4, -0.2) is 29.9 Å². The molecule has 0 aromatic carbocycles. The van der Waals surface area contributed by atoms with Crippen molar-refractivity contribution in [2.24, 2.45) is 22.5 Å². The molecule has 18 heavy (non-hydrogen) atoms. The van der Waals surface area contributed by atoms with Crippen LogP contribution < -0.4 is 5.73 Å². The van der Waals surface area contributed by atoms with E-state index in [1.165, 1.54) is 0 Å². The first kappa shape index (κ1) is 15.5. The maximum absolute atomic E-state index is 12.3. The molecule has 0 aromatic rings. The molecule has 1 saturated heterocycles. The summed E-state index contributed by atoms with van der Waals surface area (Å²) in [6, 6.07) is -0.385. The summed E-state index contributed by atoms with van der Waals surface area (Å²) in [5.41, 5.74) is 6.25. The third kappa shape index (κ3) is 3.71. The SMILES string of the molecule is CC(C)(C)C1CCN(C(=O)[C@@H](N)C(C)(C)C)CC1. The van der Waals surface area contributed by atoms with Crippen LogP contribution in [0.2, 0.25) is 0 Å². The molecule has 1 atom stereocenters. The van der Waals surface area contributed by atoms with E-state index in [1.54, 1.807) is 0 Å². The summed E-state index contributed by atoms with van der Waals surface area (Å²) >= 11 is 0. The molecule has 2 N–H and O–H groups in total. The van der Waals surface area contributed by atoms with Gasteiger partial charge in [0.05, 0.1) is 6.04 Å². The predicted molar refractivity (Wildman–Crippen MR) is 76.2 cm³/mol. The monoisotopic (exact) mass is 254 g/mol. The van der Waals surface area contributed by atoms with Crippen molar-refractivity contribution >= 4 is 5.91 Å². The number of likely N-dealkylation sites (tertiary alicyclic amines) is 1. The molecule has 1 heterocycles. The van der Waals surface area contributed by atoms with Gasteiger partial charge in [0.15, 0.2) is 0 Å². The third-order valence-electron chi connectivity index (χ3n) is 4.23. The normalized spacial score (nSPS) is 20.9. The van der Waals surface area contributed by atoms with E-state index in [0.29, 0.717) is 11.3 Å². The van der Waals surface area contributed by atoms with Gasteiger partial charge in [0.2, 0.25) is 5.91 Å². The van der Waals surface area contributed by atoms with Crippen LogP contribution in [0.1, 0.15) is 54.4 Å². The van der Waals surface area contributed by atoms with Crippen LogP contribution in [-0.2, 0) is 4.79 Å². The second-order valence-corrected chi connectivity index (χ2v) is 7.81. The predicted octanol–water partition coefficient (Wildman–Crippen LogP) is 2.64. The summed E-state index contributed by atoms with van der Waals surface area (Å²) < 4.78 is 0. The Morgan fingerprint density at radius 2 is 1.56 bits per heavy atom. The standard InChI is InChI=1S/C15H30N2O/c1-14(2,3)11-7-9-17(10-8-11)13(18)12(16)15(4,5)6/h11-12H,7-10,16H2,1-6H3/t12-/m1/s1. The van der Waals surface area contributed by atoms with Crippen molar-refractivity contribution < 1.29 is 4.79 Å². The van der Waals surface area contributed by atoms with Gasteiger partial charge in [0.1, 0.15) is 0 Å². The van der Waals surface area contributed by atoms with E-state index in [0.717, 1.165) is 25.9 Å². The lowest BCUT2D eigenvalue weighted by atomic mass is 9.75. The molecule has 1 amide bonds. The lowest BCUT2D eigenvalue weighted by molar-refractivity contribution is -0.136. The quantitative estimate of drug-likeness (QED) is 0.782. The highest BCUT2D eigenvalue weighted by atomic mass is 16.2. The van der Waals surface area contributed by atoms with Crippen molar-refractivity contribution in [3.63, 3.8) is 0 Å². The van der Waals surface area contributed by atoms with Gasteiger partial charge in [0.25, 0.3) is 0 Å². The molecule has 0 unspecified atom stereocenters. The Kier molecular flexibility index (Phi) is 4.47. The highest BCUT2D eigenvalue weighted by molar-refractivity contribution is 5.82. The number of rotatable bonds is 1. The summed E-state index contributed by atoms with van der Waals surface area (Å²) in [5.74, 6) is 0.835. The van der Waals surface area contributed by atoms with E-state index < -0.39 is 0 Å². The molecular formula is C15H30N2O. The molecule has 1 fully saturated rings. The minimum atomic E-state index is -0.385. The fraction of sp³-hybridized carbons (Fsp3) is 0.933. The van der Waals surface area contributed by atoms with Crippen molar-refractivity contribution in [2.75, 3.05) is 13.1 Å². The molecule has 1 rings (SSSR count). The fourth-order valence-corrected chi connectivity index (χ4v) is 2.53. The Labute approximate surface area is 112 Å². The maximum Gasteiger partial charge on any atom is 0.240 e. The Hall–Kier alpha value is -0.570. The average molecular weight is 254 g/mol. The molecule has 0 aliphatic carbocycles. The number of carbonyl (C=O) groups is 1. The second-order valence-electron chi connectivity index (χ2n) is 7.81. The second kappa shape index (κ2) is 5.20. The molecule has 106 valence electrons. The summed E-state index contributed by atoms with van der Waals surface area (Å²) in [6.45, 7) is 14.7. The zero-order chi connectivity index (χ0) is 14.1. The van der Waals surface area contributed by atoms with Gasteiger partial charge in [-0.25, -0.2) is 0 Å². The molecule has 0 bridgehead atoms. The number of piperidine rings is 1. The van der Waals surface area contributed by atoms with Gasteiger partial charge in [-0.05, 0) is 29.6 Å². The van der Waals surface area contributed by atoms with E-state index >= 15 is 0 Å². The number of carbonyl (C=O) groups excluding carboxylic acids is 1. The van der Waals surface area contributed by atoms with Crippen molar-refractivity contribution in [1.29, 1.82) is 0 Å². The maximum atomic E-state index is 12.3. The van der Waals surface area contributed by atoms with Crippen molar-refractivity contribution in [1.82, 2.24) is 4.90 Å². The van der Waals surface area contributed by atoms with Gasteiger partial charge in [-0.15, -0.1) is 0 Å². The lowest BCUT2D eigenvalue weighted by Crippen LogP contribution is -2.53. The molecular weight excluding hydrogens is 224 g/mol. The Bertz CT molecular complexity index is 291. The summed E-state index contributed by atoms with van der Waals surface area (Å²) in [7, 11) is 0. The molecule has 3 heteroatoms. The smallest absolute Gasteiger partial charge is 0.240 e. The molecule has 0 saturated carbocycles. The van der Waals surface area contributed by atoms with Crippen molar-refractivity contribution in [3.05, 3.63) is 0 Å². The van der Waals surface area contributed by atoms with Crippen LogP contribution in [0.15, 0.2) is 0 Å². The topological polar surface area (TPSA) is 46.3 Å². The van der Waals surface area contributed by atoms with Crippen LogP contribution in [0.4, 0.5) is 0 Å². The molecule has 0 spiro atoms. The minimum Gasteiger partial charge on any atom is -0.341 e. The third-order valence-corrected chi connectivity index (χ3v) is 4.23. The minimum absolute atomic E-state index is 0.120. The number of hydrogen-bond donors (Lipinski definition) is 1. The van der Waals surface area contributed by atoms with Crippen LogP contribution in [0.3, 0.4) is 0 Å². The van der Waals surface area contributed by atoms with Gasteiger partial charge in [0, 0.05) is 13.1 Å². The van der Waals surface area contributed by atoms with E-state index in [2.05, 4.69) is 20.8 Å². The van der Waals surface area contributed by atoms with Gasteiger partial charge < -0.3 is 10.6 Å². The number of hydrogen-bond acceptors (Lipinski definition) is 2. The number of nitrogens with zero attached hydrogens (tertiary/aromatic N) is 1. The summed E-state index contributed by atoms with van der Waals surface area (Å²) in [4.78, 5) is 14.3. The van der Waals surface area contributed by atoms with E-state index in [-0.39, 0.29) is 17.4 Å². The first-order valence-electron chi connectivity index (χ1n) is 7.08. The average Bonchev–Trinajstić information content (AvgIpc) is 2.25. The van der Waals surface area contributed by atoms with Crippen LogP contribution in [0.5, 0.6) is 0 Å². The van der Waals surface area contributed by atoms with Crippen LogP contribution in [0.25, 0.3) is 0 Å². The zero-order valence-electron chi connectivity index (χ0n) is 12.9. The first-order chi connectivity index (χ1) is 8.03. The summed E-state index contributed by atoms with van der Waals surface area (Å²) in [5, 5.41) is 0. The molecule has 0 aromatic heterocycles. The molecule has 1 aliphatic rings. The van der Waals surface area contributed by atoms with Crippen LogP contribution >= 0.6 is 0 Å². The zero-order valence-corrected chi connectivity index (χ0v) is 12.9. The van der Waals surface area contributed by atoms with Gasteiger partial charge in [-0.2, -0.15) is 0 Å².